The van der Waals surface area contributed by atoms with Gasteiger partial charge in [0.1, 0.15) is 0 Å². The molecule has 0 atom stereocenters. The highest BCUT2D eigenvalue weighted by atomic mass is 16.5. The van der Waals surface area contributed by atoms with Crippen molar-refractivity contribution in [1.29, 1.82) is 0 Å². The van der Waals surface area contributed by atoms with E-state index in [0.717, 1.165) is 22.5 Å². The third-order valence-corrected chi connectivity index (χ3v) is 5.63. The minimum atomic E-state index is -0.442. The molecule has 31 heavy (non-hydrogen) atoms. The van der Waals surface area contributed by atoms with E-state index in [1.165, 1.54) is 5.56 Å². The number of hydrogen-bond donors (Lipinski definition) is 0. The topological polar surface area (TPSA) is 64.4 Å². The van der Waals surface area contributed by atoms with Gasteiger partial charge in [0.05, 0.1) is 18.0 Å². The molecule has 3 aromatic rings. The van der Waals surface area contributed by atoms with Crippen molar-refractivity contribution >= 4 is 11.9 Å². The zero-order valence-corrected chi connectivity index (χ0v) is 18.0. The van der Waals surface area contributed by atoms with Crippen LogP contribution in [0.25, 0.3) is 5.69 Å². The van der Waals surface area contributed by atoms with Gasteiger partial charge >= 0.3 is 5.97 Å². The van der Waals surface area contributed by atoms with E-state index in [4.69, 9.17) is 4.74 Å². The molecule has 0 radical (unpaired) electrons. The molecule has 1 aromatic heterocycles. The molecule has 0 bridgehead atoms. The first-order chi connectivity index (χ1) is 15.1. The Kier molecular flexibility index (Phi) is 6.16. The summed E-state index contributed by atoms with van der Waals surface area (Å²) in [5, 5.41) is 4.58. The van der Waals surface area contributed by atoms with Crippen molar-refractivity contribution in [3.05, 3.63) is 82.7 Å². The lowest BCUT2D eigenvalue weighted by Gasteiger charge is -2.28. The summed E-state index contributed by atoms with van der Waals surface area (Å²) in [5.74, 6) is -0.351. The summed E-state index contributed by atoms with van der Waals surface area (Å²) < 4.78 is 7.05. The molecule has 1 aliphatic heterocycles. The Balaban J connectivity index is 1.55. The van der Waals surface area contributed by atoms with Crippen molar-refractivity contribution in [3.8, 4) is 5.69 Å². The molecule has 0 saturated heterocycles. The molecular weight excluding hydrogens is 390 g/mol. The second-order valence-electron chi connectivity index (χ2n) is 7.79. The smallest absolute Gasteiger partial charge is 0.359 e. The number of aromatic nitrogens is 2. The van der Waals surface area contributed by atoms with Crippen LogP contribution in [0.4, 0.5) is 0 Å². The number of aryl methyl sites for hydroxylation is 2. The van der Waals surface area contributed by atoms with Crippen LogP contribution in [-0.2, 0) is 28.9 Å². The molecular formula is C25H27N3O3. The van der Waals surface area contributed by atoms with Crippen LogP contribution in [0.3, 0.4) is 0 Å². The van der Waals surface area contributed by atoms with Crippen molar-refractivity contribution in [2.45, 2.75) is 39.7 Å². The molecule has 0 fully saturated rings. The predicted octanol–water partition coefficient (Wildman–Crippen LogP) is 3.87. The molecule has 2 aromatic carbocycles. The van der Waals surface area contributed by atoms with E-state index in [2.05, 4.69) is 36.3 Å². The Labute approximate surface area is 182 Å². The van der Waals surface area contributed by atoms with Crippen molar-refractivity contribution < 1.29 is 14.3 Å². The highest BCUT2D eigenvalue weighted by molar-refractivity contribution is 5.90. The molecule has 6 heteroatoms. The van der Waals surface area contributed by atoms with Crippen LogP contribution in [0.1, 0.15) is 46.2 Å². The van der Waals surface area contributed by atoms with E-state index >= 15 is 0 Å². The summed E-state index contributed by atoms with van der Waals surface area (Å²) in [4.78, 5) is 27.3. The monoisotopic (exact) mass is 417 g/mol. The Hall–Kier alpha value is -3.41. The summed E-state index contributed by atoms with van der Waals surface area (Å²) in [6.45, 7) is 5.10. The Morgan fingerprint density at radius 1 is 1.06 bits per heavy atom. The fourth-order valence-corrected chi connectivity index (χ4v) is 3.94. The maximum atomic E-state index is 12.9. The van der Waals surface area contributed by atoms with Crippen molar-refractivity contribution in [2.75, 3.05) is 13.2 Å². The minimum absolute atomic E-state index is 0.0912. The number of carbonyl (C=O) groups excluding carboxylic acids is 2. The van der Waals surface area contributed by atoms with Gasteiger partial charge < -0.3 is 9.64 Å². The average molecular weight is 418 g/mol. The van der Waals surface area contributed by atoms with E-state index < -0.39 is 5.97 Å². The summed E-state index contributed by atoms with van der Waals surface area (Å²) in [6.07, 6.45) is 1.79. The van der Waals surface area contributed by atoms with Gasteiger partial charge in [-0.05, 0) is 38.0 Å². The molecule has 2 heterocycles. The van der Waals surface area contributed by atoms with Crippen LogP contribution in [-0.4, -0.2) is 39.7 Å². The number of benzene rings is 2. The van der Waals surface area contributed by atoms with Crippen LogP contribution < -0.4 is 0 Å². The van der Waals surface area contributed by atoms with E-state index in [-0.39, 0.29) is 12.5 Å². The third kappa shape index (κ3) is 4.53. The van der Waals surface area contributed by atoms with Gasteiger partial charge in [-0.1, -0.05) is 48.0 Å². The average Bonchev–Trinajstić information content (AvgIpc) is 3.18. The third-order valence-electron chi connectivity index (χ3n) is 5.63. The van der Waals surface area contributed by atoms with Gasteiger partial charge in [-0.15, -0.1) is 0 Å². The van der Waals surface area contributed by atoms with Crippen molar-refractivity contribution in [1.82, 2.24) is 14.7 Å². The molecule has 0 saturated carbocycles. The van der Waals surface area contributed by atoms with E-state index in [9.17, 15) is 9.59 Å². The first-order valence-electron chi connectivity index (χ1n) is 10.7. The molecule has 4 rings (SSSR count). The first kappa shape index (κ1) is 20.8. The minimum Gasteiger partial charge on any atom is -0.461 e. The second kappa shape index (κ2) is 9.16. The SMILES string of the molecule is CCOC(=O)c1nn(-c2ccccc2)c2c1CN(C(=O)CCc1ccc(C)cc1)CC2. The first-order valence-corrected chi connectivity index (χ1v) is 10.7. The predicted molar refractivity (Wildman–Crippen MR) is 118 cm³/mol. The van der Waals surface area contributed by atoms with Gasteiger partial charge in [0.25, 0.3) is 0 Å². The number of nitrogens with zero attached hydrogens (tertiary/aromatic N) is 3. The summed E-state index contributed by atoms with van der Waals surface area (Å²) >= 11 is 0. The maximum absolute atomic E-state index is 12.9. The number of amides is 1. The number of carbonyl (C=O) groups is 2. The number of ether oxygens (including phenoxy) is 1. The Bertz CT molecular complexity index is 1070. The lowest BCUT2D eigenvalue weighted by Crippen LogP contribution is -2.36. The normalized spacial score (nSPS) is 13.0. The molecule has 0 unspecified atom stereocenters. The van der Waals surface area contributed by atoms with Crippen LogP contribution >= 0.6 is 0 Å². The molecule has 160 valence electrons. The lowest BCUT2D eigenvalue weighted by molar-refractivity contribution is -0.132. The van der Waals surface area contributed by atoms with Crippen molar-refractivity contribution in [3.63, 3.8) is 0 Å². The zero-order chi connectivity index (χ0) is 21.8. The molecule has 0 aliphatic carbocycles. The number of rotatable bonds is 6. The highest BCUT2D eigenvalue weighted by Crippen LogP contribution is 2.26. The molecule has 0 spiro atoms. The zero-order valence-electron chi connectivity index (χ0n) is 18.0. The van der Waals surface area contributed by atoms with Crippen molar-refractivity contribution in [2.24, 2.45) is 0 Å². The molecule has 0 N–H and O–H groups in total. The molecule has 1 aliphatic rings. The lowest BCUT2D eigenvalue weighted by atomic mass is 10.0. The van der Waals surface area contributed by atoms with Gasteiger partial charge in [-0.25, -0.2) is 9.48 Å². The Morgan fingerprint density at radius 3 is 2.52 bits per heavy atom. The Morgan fingerprint density at radius 2 is 1.81 bits per heavy atom. The molecule has 6 nitrogen and oxygen atoms in total. The number of para-hydroxylation sites is 1. The largest absolute Gasteiger partial charge is 0.461 e. The van der Waals surface area contributed by atoms with Gasteiger partial charge in [0, 0.05) is 31.5 Å². The van der Waals surface area contributed by atoms with Crippen LogP contribution in [0.15, 0.2) is 54.6 Å². The van der Waals surface area contributed by atoms with E-state index in [1.807, 2.05) is 39.9 Å². The second-order valence-corrected chi connectivity index (χ2v) is 7.79. The highest BCUT2D eigenvalue weighted by Gasteiger charge is 2.31. The van der Waals surface area contributed by atoms with Crippen LogP contribution in [0.2, 0.25) is 0 Å². The fraction of sp³-hybridized carbons (Fsp3) is 0.320. The van der Waals surface area contributed by atoms with Crippen LogP contribution in [0.5, 0.6) is 0 Å². The van der Waals surface area contributed by atoms with Gasteiger partial charge in [0.2, 0.25) is 5.91 Å². The quantitative estimate of drug-likeness (QED) is 0.571. The van der Waals surface area contributed by atoms with E-state index in [1.54, 1.807) is 6.92 Å². The number of hydrogen-bond acceptors (Lipinski definition) is 4. The number of fused-ring (bicyclic) bond motifs is 1. The van der Waals surface area contributed by atoms with Gasteiger partial charge in [-0.3, -0.25) is 4.79 Å². The summed E-state index contributed by atoms with van der Waals surface area (Å²) in [5.41, 5.74) is 5.32. The standard InChI is InChI=1S/C25H27N3O3/c1-3-31-25(30)24-21-17-27(23(29)14-13-19-11-9-18(2)10-12-19)16-15-22(21)28(26-24)20-7-5-4-6-8-20/h4-12H,3,13-17H2,1-2H3. The fourth-order valence-electron chi connectivity index (χ4n) is 3.94. The summed E-state index contributed by atoms with van der Waals surface area (Å²) in [7, 11) is 0. The van der Waals surface area contributed by atoms with Crippen LogP contribution in [0, 0.1) is 6.92 Å². The summed E-state index contributed by atoms with van der Waals surface area (Å²) in [6, 6.07) is 18.0. The number of esters is 1. The maximum Gasteiger partial charge on any atom is 0.359 e. The molecule has 1 amide bonds. The van der Waals surface area contributed by atoms with Gasteiger partial charge in [0.15, 0.2) is 5.69 Å². The van der Waals surface area contributed by atoms with E-state index in [0.29, 0.717) is 38.0 Å². The van der Waals surface area contributed by atoms with Gasteiger partial charge in [-0.2, -0.15) is 5.10 Å².